The van der Waals surface area contributed by atoms with Crippen molar-refractivity contribution in [3.63, 3.8) is 0 Å². The highest BCUT2D eigenvalue weighted by atomic mass is 32.3. The molecule has 0 bridgehead atoms. The van der Waals surface area contributed by atoms with Crippen LogP contribution in [0.2, 0.25) is 0 Å². The highest BCUT2D eigenvalue weighted by Gasteiger charge is 2.27. The summed E-state index contributed by atoms with van der Waals surface area (Å²) in [5.41, 5.74) is 0. The van der Waals surface area contributed by atoms with Gasteiger partial charge in [0, 0.05) is 0 Å². The van der Waals surface area contributed by atoms with Gasteiger partial charge in [-0.05, 0) is 6.42 Å². The van der Waals surface area contributed by atoms with E-state index in [9.17, 15) is 16.2 Å². The van der Waals surface area contributed by atoms with Crippen molar-refractivity contribution in [2.75, 3.05) is 25.1 Å². The fourth-order valence-corrected chi connectivity index (χ4v) is 3.15. The summed E-state index contributed by atoms with van der Waals surface area (Å²) in [6.07, 6.45) is 2.21. The molecule has 0 fully saturated rings. The van der Waals surface area contributed by atoms with Crippen LogP contribution in [-0.2, 0) is 13.6 Å². The summed E-state index contributed by atoms with van der Waals surface area (Å²) >= 11 is -5.06. The van der Waals surface area contributed by atoms with Gasteiger partial charge in [-0.25, -0.2) is 0 Å². The second-order valence-electron chi connectivity index (χ2n) is 3.06. The molecule has 0 rings (SSSR count). The molecule has 0 aromatic carbocycles. The summed E-state index contributed by atoms with van der Waals surface area (Å²) in [6.45, 7) is 6.69. The van der Waals surface area contributed by atoms with E-state index in [1.165, 1.54) is 12.2 Å². The summed E-state index contributed by atoms with van der Waals surface area (Å²) in [7, 11) is -3.47. The summed E-state index contributed by atoms with van der Waals surface area (Å²) in [6, 6.07) is 0. The van der Waals surface area contributed by atoms with E-state index in [4.69, 9.17) is 9.05 Å². The van der Waals surface area contributed by atoms with E-state index in [0.29, 0.717) is 0 Å². The van der Waals surface area contributed by atoms with Gasteiger partial charge < -0.3 is 9.05 Å². The first-order chi connectivity index (χ1) is 7.83. The van der Waals surface area contributed by atoms with Crippen molar-refractivity contribution < 1.29 is 25.3 Å². The molecule has 3 nitrogen and oxygen atoms in total. The molecule has 0 unspecified atom stereocenters. The van der Waals surface area contributed by atoms with Crippen LogP contribution in [0.15, 0.2) is 25.3 Å². The molecule has 0 spiro atoms. The maximum atomic E-state index is 12.0. The molecule has 0 aromatic heterocycles. The van der Waals surface area contributed by atoms with E-state index in [2.05, 4.69) is 13.2 Å². The average molecular weight is 292 g/mol. The lowest BCUT2D eigenvalue weighted by Gasteiger charge is -2.17. The number of halogens is 3. The summed E-state index contributed by atoms with van der Waals surface area (Å²) in [4.78, 5) is 0. The number of hydrogen-bond acceptors (Lipinski definition) is 3. The van der Waals surface area contributed by atoms with Crippen LogP contribution < -0.4 is 0 Å². The van der Waals surface area contributed by atoms with E-state index < -0.39 is 24.5 Å². The molecule has 0 atom stereocenters. The van der Waals surface area contributed by atoms with Crippen molar-refractivity contribution in [1.29, 1.82) is 0 Å². The molecule has 0 aromatic rings. The molecule has 17 heavy (non-hydrogen) atoms. The van der Waals surface area contributed by atoms with Crippen LogP contribution in [0, 0.1) is 0 Å². The maximum absolute atomic E-state index is 12.0. The Kier molecular flexibility index (Phi) is 7.87. The Morgan fingerprint density at radius 3 is 1.94 bits per heavy atom. The second-order valence-corrected chi connectivity index (χ2v) is 6.66. The van der Waals surface area contributed by atoms with Gasteiger partial charge in [0.15, 0.2) is 0 Å². The smallest absolute Gasteiger partial charge is 0.304 e. The SMILES string of the molecule is C=CCOP(=O)(CCCS(F)(F)F)OCC=C. The summed E-state index contributed by atoms with van der Waals surface area (Å²) in [5, 5.41) is 0. The molecule has 8 heteroatoms. The van der Waals surface area contributed by atoms with E-state index in [1.54, 1.807) is 0 Å². The Morgan fingerprint density at radius 2 is 1.59 bits per heavy atom. The zero-order chi connectivity index (χ0) is 13.4. The minimum Gasteiger partial charge on any atom is -0.304 e. The van der Waals surface area contributed by atoms with Crippen molar-refractivity contribution in [2.24, 2.45) is 0 Å². The topological polar surface area (TPSA) is 35.5 Å². The molecular weight excluding hydrogens is 276 g/mol. The minimum absolute atomic E-state index is 0.0205. The molecule has 0 radical (unpaired) electrons. The quantitative estimate of drug-likeness (QED) is 0.441. The first kappa shape index (κ1) is 16.8. The van der Waals surface area contributed by atoms with Crippen LogP contribution in [-0.4, -0.2) is 25.1 Å². The van der Waals surface area contributed by atoms with Gasteiger partial charge >= 0.3 is 7.60 Å². The third kappa shape index (κ3) is 9.47. The Hall–Kier alpha value is -0.230. The van der Waals surface area contributed by atoms with Gasteiger partial charge in [-0.3, -0.25) is 4.57 Å². The van der Waals surface area contributed by atoms with Crippen LogP contribution >= 0.6 is 18.8 Å². The first-order valence-electron chi connectivity index (χ1n) is 4.83. The van der Waals surface area contributed by atoms with Crippen molar-refractivity contribution in [1.82, 2.24) is 0 Å². The van der Waals surface area contributed by atoms with Gasteiger partial charge in [0.05, 0.1) is 25.1 Å². The summed E-state index contributed by atoms with van der Waals surface area (Å²) < 4.78 is 57.8. The third-order valence-electron chi connectivity index (χ3n) is 1.59. The fraction of sp³-hybridized carbons (Fsp3) is 0.556. The predicted octanol–water partition coefficient (Wildman–Crippen LogP) is 4.43. The van der Waals surface area contributed by atoms with Crippen molar-refractivity contribution in [3.8, 4) is 0 Å². The van der Waals surface area contributed by atoms with Gasteiger partial charge in [0.1, 0.15) is 0 Å². The molecule has 0 aliphatic heterocycles. The van der Waals surface area contributed by atoms with E-state index >= 15 is 0 Å². The number of rotatable bonds is 10. The molecule has 0 saturated heterocycles. The first-order valence-corrected chi connectivity index (χ1v) is 8.06. The molecule has 0 aliphatic rings. The molecule has 0 amide bonds. The molecule has 0 heterocycles. The van der Waals surface area contributed by atoms with Crippen LogP contribution in [0.5, 0.6) is 0 Å². The Bertz CT molecular complexity index is 278. The van der Waals surface area contributed by atoms with Crippen molar-refractivity contribution in [2.45, 2.75) is 6.42 Å². The second kappa shape index (κ2) is 7.97. The largest absolute Gasteiger partial charge is 0.331 e. The summed E-state index contributed by atoms with van der Waals surface area (Å²) in [5.74, 6) is -0.925. The normalized spacial score (nSPS) is 13.4. The predicted molar refractivity (Wildman–Crippen MR) is 65.2 cm³/mol. The van der Waals surface area contributed by atoms with E-state index in [1.807, 2.05) is 0 Å². The number of hydrogen-bond donors (Lipinski definition) is 0. The third-order valence-corrected chi connectivity index (χ3v) is 4.29. The Labute approximate surface area is 101 Å². The zero-order valence-electron chi connectivity index (χ0n) is 9.32. The van der Waals surface area contributed by atoms with Gasteiger partial charge in [0.2, 0.25) is 11.2 Å². The van der Waals surface area contributed by atoms with Gasteiger partial charge in [-0.15, -0.1) is 24.8 Å². The van der Waals surface area contributed by atoms with Gasteiger partial charge in [-0.1, -0.05) is 12.2 Å². The van der Waals surface area contributed by atoms with Crippen LogP contribution in [0.4, 0.5) is 11.7 Å². The van der Waals surface area contributed by atoms with Crippen molar-refractivity contribution in [3.05, 3.63) is 25.3 Å². The van der Waals surface area contributed by atoms with Gasteiger partial charge in [0.25, 0.3) is 0 Å². The molecule has 0 aliphatic carbocycles. The lowest BCUT2D eigenvalue weighted by Crippen LogP contribution is -2.03. The van der Waals surface area contributed by atoms with E-state index in [0.717, 1.165) is 0 Å². The lowest BCUT2D eigenvalue weighted by molar-refractivity contribution is 0.237. The monoisotopic (exact) mass is 292 g/mol. The standard InChI is InChI=1S/C9H16F3O3PS/c1-3-6-14-16(13,15-7-4-2)8-5-9-17(10,11)12/h3-4H,1-2,5-9H2. The van der Waals surface area contributed by atoms with E-state index in [-0.39, 0.29) is 25.8 Å². The zero-order valence-corrected chi connectivity index (χ0v) is 11.0. The van der Waals surface area contributed by atoms with Gasteiger partial charge in [-0.2, -0.15) is 0 Å². The van der Waals surface area contributed by atoms with Crippen molar-refractivity contribution >= 4 is 18.8 Å². The molecule has 0 saturated carbocycles. The maximum Gasteiger partial charge on any atom is 0.331 e. The Morgan fingerprint density at radius 1 is 1.12 bits per heavy atom. The average Bonchev–Trinajstić information content (AvgIpc) is 2.22. The highest BCUT2D eigenvalue weighted by molar-refractivity contribution is 8.20. The molecule has 102 valence electrons. The molecule has 0 N–H and O–H groups in total. The van der Waals surface area contributed by atoms with Crippen LogP contribution in [0.1, 0.15) is 6.42 Å². The lowest BCUT2D eigenvalue weighted by atomic mass is 10.6. The highest BCUT2D eigenvalue weighted by Crippen LogP contribution is 2.55. The van der Waals surface area contributed by atoms with Crippen LogP contribution in [0.25, 0.3) is 0 Å². The minimum atomic E-state index is -5.06. The van der Waals surface area contributed by atoms with Crippen LogP contribution in [0.3, 0.4) is 0 Å². The fourth-order valence-electron chi connectivity index (χ4n) is 0.921. The molecular formula is C9H16F3O3PS. The Balaban J connectivity index is 4.22.